The molecule has 0 aliphatic carbocycles. The van der Waals surface area contributed by atoms with E-state index in [4.69, 9.17) is 11.6 Å². The highest BCUT2D eigenvalue weighted by atomic mass is 35.5. The summed E-state index contributed by atoms with van der Waals surface area (Å²) in [5.41, 5.74) is 0.630. The molecular formula is C20H23ClN4O4. The lowest BCUT2D eigenvalue weighted by Crippen LogP contribution is -2.43. The number of nitrogens with zero attached hydrogens (tertiary/aromatic N) is 2. The van der Waals surface area contributed by atoms with Gasteiger partial charge in [-0.3, -0.25) is 24.6 Å². The van der Waals surface area contributed by atoms with Gasteiger partial charge in [-0.05, 0) is 38.6 Å². The third-order valence-corrected chi connectivity index (χ3v) is 4.38. The average Bonchev–Trinajstić information content (AvgIpc) is 2.63. The summed E-state index contributed by atoms with van der Waals surface area (Å²) in [7, 11) is 1.67. The number of rotatable bonds is 8. The van der Waals surface area contributed by atoms with E-state index in [-0.39, 0.29) is 34.9 Å². The van der Waals surface area contributed by atoms with Gasteiger partial charge in [0.05, 0.1) is 11.5 Å². The van der Waals surface area contributed by atoms with E-state index >= 15 is 0 Å². The Morgan fingerprint density at radius 3 is 2.41 bits per heavy atom. The van der Waals surface area contributed by atoms with Gasteiger partial charge in [0.25, 0.3) is 5.69 Å². The minimum Gasteiger partial charge on any atom is -0.353 e. The number of nitrogens with one attached hydrogen (secondary N) is 2. The number of amides is 2. The molecule has 2 amide bonds. The molecule has 0 bridgehead atoms. The van der Waals surface area contributed by atoms with Crippen LogP contribution < -0.4 is 10.6 Å². The maximum absolute atomic E-state index is 13.0. The van der Waals surface area contributed by atoms with Crippen molar-refractivity contribution in [1.29, 1.82) is 0 Å². The Labute approximate surface area is 174 Å². The summed E-state index contributed by atoms with van der Waals surface area (Å²) in [6, 6.07) is 12.2. The summed E-state index contributed by atoms with van der Waals surface area (Å²) in [6.45, 7) is 3.71. The minimum atomic E-state index is -0.774. The van der Waals surface area contributed by atoms with Crippen LogP contribution in [-0.4, -0.2) is 41.3 Å². The van der Waals surface area contributed by atoms with E-state index in [1.54, 1.807) is 36.2 Å². The second-order valence-corrected chi connectivity index (χ2v) is 7.27. The van der Waals surface area contributed by atoms with E-state index < -0.39 is 16.9 Å². The summed E-state index contributed by atoms with van der Waals surface area (Å²) >= 11 is 5.83. The first-order valence-corrected chi connectivity index (χ1v) is 9.36. The zero-order valence-electron chi connectivity index (χ0n) is 16.4. The first kappa shape index (κ1) is 22.3. The number of anilines is 1. The van der Waals surface area contributed by atoms with Gasteiger partial charge in [0.1, 0.15) is 11.1 Å². The van der Waals surface area contributed by atoms with Gasteiger partial charge in [0, 0.05) is 17.8 Å². The molecule has 0 heterocycles. The highest BCUT2D eigenvalue weighted by Crippen LogP contribution is 2.28. The summed E-state index contributed by atoms with van der Waals surface area (Å²) in [5.74, 6) is -0.633. The molecule has 2 aromatic carbocycles. The molecule has 0 aliphatic heterocycles. The Bertz CT molecular complexity index is 889. The first-order valence-electron chi connectivity index (χ1n) is 8.98. The fraction of sp³-hybridized carbons (Fsp3) is 0.300. The normalized spacial score (nSPS) is 11.9. The number of carbonyl (C=O) groups excluding carboxylic acids is 2. The van der Waals surface area contributed by atoms with Crippen molar-refractivity contribution >= 4 is 34.8 Å². The first-order chi connectivity index (χ1) is 13.7. The number of nitro groups is 1. The van der Waals surface area contributed by atoms with Crippen LogP contribution in [0, 0.1) is 10.1 Å². The molecular weight excluding hydrogens is 396 g/mol. The van der Waals surface area contributed by atoms with E-state index in [2.05, 4.69) is 10.6 Å². The van der Waals surface area contributed by atoms with E-state index in [9.17, 15) is 19.7 Å². The third kappa shape index (κ3) is 6.27. The van der Waals surface area contributed by atoms with Crippen LogP contribution in [0.4, 0.5) is 11.4 Å². The van der Waals surface area contributed by atoms with Gasteiger partial charge in [-0.1, -0.05) is 41.9 Å². The molecule has 0 spiro atoms. The number of hydrogen-bond acceptors (Lipinski definition) is 5. The molecule has 8 nitrogen and oxygen atoms in total. The van der Waals surface area contributed by atoms with Gasteiger partial charge in [-0.2, -0.15) is 0 Å². The Hall–Kier alpha value is -2.97. The van der Waals surface area contributed by atoms with E-state index in [0.29, 0.717) is 5.56 Å². The highest BCUT2D eigenvalue weighted by molar-refractivity contribution is 6.32. The van der Waals surface area contributed by atoms with Gasteiger partial charge in [0.15, 0.2) is 0 Å². The van der Waals surface area contributed by atoms with Gasteiger partial charge in [-0.15, -0.1) is 0 Å². The Morgan fingerprint density at radius 2 is 1.83 bits per heavy atom. The van der Waals surface area contributed by atoms with E-state index in [1.807, 2.05) is 19.9 Å². The highest BCUT2D eigenvalue weighted by Gasteiger charge is 2.27. The van der Waals surface area contributed by atoms with Crippen molar-refractivity contribution < 1.29 is 14.5 Å². The molecule has 0 aliphatic rings. The Kier molecular flexibility index (Phi) is 7.69. The lowest BCUT2D eigenvalue weighted by atomic mass is 10.0. The molecule has 1 atom stereocenters. The molecule has 2 N–H and O–H groups in total. The van der Waals surface area contributed by atoms with Crippen molar-refractivity contribution in [2.24, 2.45) is 0 Å². The monoisotopic (exact) mass is 418 g/mol. The molecule has 0 saturated carbocycles. The molecule has 154 valence electrons. The smallest absolute Gasteiger partial charge is 0.289 e. The zero-order valence-corrected chi connectivity index (χ0v) is 17.1. The topological polar surface area (TPSA) is 105 Å². The second kappa shape index (κ2) is 9.99. The molecule has 0 aromatic heterocycles. The number of carbonyl (C=O) groups is 2. The van der Waals surface area contributed by atoms with Crippen LogP contribution in [0.5, 0.6) is 0 Å². The van der Waals surface area contributed by atoms with Crippen LogP contribution >= 0.6 is 11.6 Å². The van der Waals surface area contributed by atoms with Crippen LogP contribution in [0.15, 0.2) is 48.5 Å². The number of hydrogen-bond donors (Lipinski definition) is 2. The van der Waals surface area contributed by atoms with Crippen molar-refractivity contribution in [2.45, 2.75) is 25.9 Å². The SMILES string of the molecule is CC(C)NC(=O)CN(C)[C@@H](C(=O)Nc1ccc(Cl)c([N+](=O)[O-])c1)c1ccccc1. The van der Waals surface area contributed by atoms with Crippen LogP contribution in [0.25, 0.3) is 0 Å². The van der Waals surface area contributed by atoms with E-state index in [1.165, 1.54) is 18.2 Å². The molecule has 2 rings (SSSR count). The number of likely N-dealkylation sites (N-methyl/N-ethyl adjacent to an activating group) is 1. The van der Waals surface area contributed by atoms with Crippen molar-refractivity contribution in [3.05, 3.63) is 69.2 Å². The lowest BCUT2D eigenvalue weighted by Gasteiger charge is -2.27. The molecule has 2 aromatic rings. The average molecular weight is 419 g/mol. The predicted molar refractivity (Wildman–Crippen MR) is 112 cm³/mol. The summed E-state index contributed by atoms with van der Waals surface area (Å²) in [6.07, 6.45) is 0. The second-order valence-electron chi connectivity index (χ2n) is 6.86. The zero-order chi connectivity index (χ0) is 21.6. The largest absolute Gasteiger partial charge is 0.353 e. The van der Waals surface area contributed by atoms with Gasteiger partial charge < -0.3 is 10.6 Å². The van der Waals surface area contributed by atoms with Gasteiger partial charge in [-0.25, -0.2) is 0 Å². The number of nitro benzene ring substituents is 1. The maximum Gasteiger partial charge on any atom is 0.289 e. The quantitative estimate of drug-likeness (QED) is 0.505. The Balaban J connectivity index is 2.27. The molecule has 0 unspecified atom stereocenters. The fourth-order valence-corrected chi connectivity index (χ4v) is 3.05. The predicted octanol–water partition coefficient (Wildman–Crippen LogP) is 3.38. The van der Waals surface area contributed by atoms with Gasteiger partial charge in [0.2, 0.25) is 11.8 Å². The third-order valence-electron chi connectivity index (χ3n) is 4.06. The van der Waals surface area contributed by atoms with Crippen LogP contribution in [0.1, 0.15) is 25.5 Å². The number of benzene rings is 2. The van der Waals surface area contributed by atoms with Crippen LogP contribution in [0.3, 0.4) is 0 Å². The number of halogens is 1. The lowest BCUT2D eigenvalue weighted by molar-refractivity contribution is -0.384. The molecule has 0 saturated heterocycles. The molecule has 0 fully saturated rings. The summed E-state index contributed by atoms with van der Waals surface area (Å²) < 4.78 is 0. The van der Waals surface area contributed by atoms with Crippen molar-refractivity contribution in [1.82, 2.24) is 10.2 Å². The van der Waals surface area contributed by atoms with Crippen LogP contribution in [-0.2, 0) is 9.59 Å². The fourth-order valence-electron chi connectivity index (χ4n) is 2.87. The maximum atomic E-state index is 13.0. The summed E-state index contributed by atoms with van der Waals surface area (Å²) in [4.78, 5) is 37.3. The van der Waals surface area contributed by atoms with Crippen molar-refractivity contribution in [3.8, 4) is 0 Å². The van der Waals surface area contributed by atoms with E-state index in [0.717, 1.165) is 0 Å². The Morgan fingerprint density at radius 1 is 1.17 bits per heavy atom. The molecule has 29 heavy (non-hydrogen) atoms. The summed E-state index contributed by atoms with van der Waals surface area (Å²) in [5, 5.41) is 16.5. The van der Waals surface area contributed by atoms with Gasteiger partial charge >= 0.3 is 0 Å². The standard InChI is InChI=1S/C20H23ClN4O4/c1-13(2)22-18(26)12-24(3)19(14-7-5-4-6-8-14)20(27)23-15-9-10-16(21)17(11-15)25(28)29/h4-11,13,19H,12H2,1-3H3,(H,22,26)(H,23,27)/t19-/m1/s1. The minimum absolute atomic E-state index is 0.00588. The van der Waals surface area contributed by atoms with Crippen molar-refractivity contribution in [2.75, 3.05) is 18.9 Å². The van der Waals surface area contributed by atoms with Crippen LogP contribution in [0.2, 0.25) is 5.02 Å². The molecule has 9 heteroatoms. The molecule has 0 radical (unpaired) electrons. The van der Waals surface area contributed by atoms with Crippen molar-refractivity contribution in [3.63, 3.8) is 0 Å².